The van der Waals surface area contributed by atoms with Gasteiger partial charge in [-0.15, -0.1) is 0 Å². The highest BCUT2D eigenvalue weighted by atomic mass is 16.5. The minimum absolute atomic E-state index is 0.270. The van der Waals surface area contributed by atoms with Crippen molar-refractivity contribution in [1.82, 2.24) is 5.32 Å². The van der Waals surface area contributed by atoms with Crippen LogP contribution in [0.5, 0.6) is 5.75 Å². The maximum absolute atomic E-state index is 11.6. The zero-order valence-corrected chi connectivity index (χ0v) is 13.6. The highest BCUT2D eigenvalue weighted by Gasteiger charge is 2.25. The van der Waals surface area contributed by atoms with Crippen LogP contribution in [0.3, 0.4) is 0 Å². The minimum atomic E-state index is -0.367. The predicted molar refractivity (Wildman–Crippen MR) is 85.7 cm³/mol. The molecule has 0 bridgehead atoms. The first-order chi connectivity index (χ1) is 11.1. The number of nitrogens with one attached hydrogen (secondary N) is 1. The lowest BCUT2D eigenvalue weighted by Gasteiger charge is -2.13. The molecule has 0 fully saturated rings. The second-order valence-corrected chi connectivity index (χ2v) is 5.67. The fourth-order valence-corrected chi connectivity index (χ4v) is 3.19. The van der Waals surface area contributed by atoms with E-state index < -0.39 is 0 Å². The number of carbonyl (C=O) groups excluding carboxylic acids is 1. The van der Waals surface area contributed by atoms with Gasteiger partial charge in [0, 0.05) is 6.04 Å². The van der Waals surface area contributed by atoms with Gasteiger partial charge in [-0.1, -0.05) is 12.1 Å². The van der Waals surface area contributed by atoms with E-state index in [1.54, 1.807) is 20.1 Å². The number of rotatable bonds is 5. The largest absolute Gasteiger partial charge is 0.496 e. The quantitative estimate of drug-likeness (QED) is 0.859. The molecule has 1 N–H and O–H groups in total. The van der Waals surface area contributed by atoms with Crippen LogP contribution in [0.1, 0.15) is 45.5 Å². The first kappa shape index (κ1) is 15.6. The van der Waals surface area contributed by atoms with Gasteiger partial charge in [-0.2, -0.15) is 0 Å². The van der Waals surface area contributed by atoms with Crippen molar-refractivity contribution in [2.75, 3.05) is 14.2 Å². The summed E-state index contributed by atoms with van der Waals surface area (Å²) in [5.74, 6) is 1.91. The Balaban J connectivity index is 1.71. The van der Waals surface area contributed by atoms with E-state index in [2.05, 4.69) is 11.4 Å². The molecule has 1 aromatic heterocycles. The molecule has 0 saturated carbocycles. The van der Waals surface area contributed by atoms with Crippen molar-refractivity contribution in [3.63, 3.8) is 0 Å². The zero-order chi connectivity index (χ0) is 16.4. The molecule has 0 unspecified atom stereocenters. The van der Waals surface area contributed by atoms with Crippen molar-refractivity contribution in [2.24, 2.45) is 0 Å². The number of hydrogen-bond acceptors (Lipinski definition) is 5. The van der Waals surface area contributed by atoms with Crippen LogP contribution in [-0.2, 0) is 17.7 Å². The summed E-state index contributed by atoms with van der Waals surface area (Å²) in [6.07, 6.45) is 2.03. The highest BCUT2D eigenvalue weighted by molar-refractivity contribution is 5.90. The molecule has 1 aliphatic rings. The Morgan fingerprint density at radius 3 is 2.96 bits per heavy atom. The average Bonchev–Trinajstić information content (AvgIpc) is 3.15. The van der Waals surface area contributed by atoms with Crippen molar-refractivity contribution in [3.8, 4) is 5.75 Å². The second kappa shape index (κ2) is 6.46. The van der Waals surface area contributed by atoms with Gasteiger partial charge in [0.15, 0.2) is 0 Å². The van der Waals surface area contributed by atoms with E-state index in [0.29, 0.717) is 17.9 Å². The van der Waals surface area contributed by atoms with Gasteiger partial charge < -0.3 is 19.2 Å². The van der Waals surface area contributed by atoms with E-state index in [1.165, 1.54) is 18.2 Å². The number of hydrogen-bond donors (Lipinski definition) is 1. The van der Waals surface area contributed by atoms with Crippen molar-refractivity contribution in [3.05, 3.63) is 52.5 Å². The predicted octanol–water partition coefficient (Wildman–Crippen LogP) is 3.16. The Morgan fingerprint density at radius 2 is 2.22 bits per heavy atom. The monoisotopic (exact) mass is 315 g/mol. The molecule has 0 spiro atoms. The maximum Gasteiger partial charge on any atom is 0.341 e. The fourth-order valence-electron chi connectivity index (χ4n) is 3.19. The molecule has 1 atom stereocenters. The molecule has 122 valence electrons. The van der Waals surface area contributed by atoms with Crippen LogP contribution in [-0.4, -0.2) is 20.2 Å². The lowest BCUT2D eigenvalue weighted by molar-refractivity contribution is 0.0599. The summed E-state index contributed by atoms with van der Waals surface area (Å²) in [6.45, 7) is 2.34. The molecule has 5 nitrogen and oxygen atoms in total. The van der Waals surface area contributed by atoms with E-state index in [0.717, 1.165) is 24.4 Å². The smallest absolute Gasteiger partial charge is 0.341 e. The molecule has 0 saturated heterocycles. The number of benzene rings is 1. The van der Waals surface area contributed by atoms with Gasteiger partial charge in [0.1, 0.15) is 22.8 Å². The molecule has 2 aromatic rings. The Labute approximate surface area is 135 Å². The number of carbonyl (C=O) groups is 1. The molecule has 5 heteroatoms. The first-order valence-corrected chi connectivity index (χ1v) is 7.70. The fraction of sp³-hybridized carbons (Fsp3) is 0.389. The summed E-state index contributed by atoms with van der Waals surface area (Å²) in [4.78, 5) is 11.6. The first-order valence-electron chi connectivity index (χ1n) is 7.70. The molecule has 3 rings (SSSR count). The molecule has 0 aliphatic heterocycles. The van der Waals surface area contributed by atoms with Crippen LogP contribution in [0.15, 0.2) is 28.7 Å². The standard InChI is InChI=1S/C18H21NO4/c1-11-15(18(20)22-3)9-12(23-11)10-19-16-8-7-14-13(16)5-4-6-17(14)21-2/h4-6,9,16,19H,7-8,10H2,1-3H3/t16-/m0/s1. The van der Waals surface area contributed by atoms with Crippen molar-refractivity contribution < 1.29 is 18.7 Å². The molecule has 1 aliphatic carbocycles. The number of aryl methyl sites for hydroxylation is 1. The van der Waals surface area contributed by atoms with Crippen LogP contribution in [0.4, 0.5) is 0 Å². The number of methoxy groups -OCH3 is 2. The third-order valence-electron chi connectivity index (χ3n) is 4.34. The summed E-state index contributed by atoms with van der Waals surface area (Å²) < 4.78 is 15.8. The molecule has 1 aromatic carbocycles. The maximum atomic E-state index is 11.6. The normalized spacial score (nSPS) is 16.2. The van der Waals surface area contributed by atoms with E-state index in [9.17, 15) is 4.79 Å². The second-order valence-electron chi connectivity index (χ2n) is 5.67. The molecular formula is C18H21NO4. The van der Waals surface area contributed by atoms with Gasteiger partial charge >= 0.3 is 5.97 Å². The molecular weight excluding hydrogens is 294 g/mol. The van der Waals surface area contributed by atoms with E-state index in [-0.39, 0.29) is 12.0 Å². The van der Waals surface area contributed by atoms with Crippen molar-refractivity contribution >= 4 is 5.97 Å². The number of esters is 1. The Kier molecular flexibility index (Phi) is 4.39. The Morgan fingerprint density at radius 1 is 1.39 bits per heavy atom. The number of furan rings is 1. The van der Waals surface area contributed by atoms with Crippen molar-refractivity contribution in [1.29, 1.82) is 0 Å². The SMILES string of the molecule is COC(=O)c1cc(CN[C@H]2CCc3c(OC)cccc32)oc1C. The van der Waals surface area contributed by atoms with Gasteiger partial charge in [0.2, 0.25) is 0 Å². The van der Waals surface area contributed by atoms with Gasteiger partial charge in [-0.3, -0.25) is 0 Å². The zero-order valence-electron chi connectivity index (χ0n) is 13.6. The third-order valence-corrected chi connectivity index (χ3v) is 4.34. The summed E-state index contributed by atoms with van der Waals surface area (Å²) in [5, 5.41) is 3.50. The summed E-state index contributed by atoms with van der Waals surface area (Å²) in [6, 6.07) is 8.17. The lowest BCUT2D eigenvalue weighted by atomic mass is 10.1. The van der Waals surface area contributed by atoms with Gasteiger partial charge in [-0.25, -0.2) is 4.79 Å². The molecule has 0 radical (unpaired) electrons. The lowest BCUT2D eigenvalue weighted by Crippen LogP contribution is -2.18. The average molecular weight is 315 g/mol. The Bertz CT molecular complexity index is 720. The minimum Gasteiger partial charge on any atom is -0.496 e. The third kappa shape index (κ3) is 2.97. The summed E-state index contributed by atoms with van der Waals surface area (Å²) in [7, 11) is 3.08. The molecule has 0 amide bonds. The van der Waals surface area contributed by atoms with Crippen molar-refractivity contribution in [2.45, 2.75) is 32.4 Å². The van der Waals surface area contributed by atoms with Crippen LogP contribution in [0, 0.1) is 6.92 Å². The molecule has 23 heavy (non-hydrogen) atoms. The highest BCUT2D eigenvalue weighted by Crippen LogP contribution is 2.36. The Hall–Kier alpha value is -2.27. The van der Waals surface area contributed by atoms with E-state index >= 15 is 0 Å². The van der Waals surface area contributed by atoms with Crippen LogP contribution >= 0.6 is 0 Å². The van der Waals surface area contributed by atoms with Crippen LogP contribution in [0.2, 0.25) is 0 Å². The van der Waals surface area contributed by atoms with E-state index in [1.807, 2.05) is 12.1 Å². The summed E-state index contributed by atoms with van der Waals surface area (Å²) in [5.41, 5.74) is 3.04. The van der Waals surface area contributed by atoms with Gasteiger partial charge in [0.05, 0.1) is 20.8 Å². The summed E-state index contributed by atoms with van der Waals surface area (Å²) >= 11 is 0. The topological polar surface area (TPSA) is 60.7 Å². The number of ether oxygens (including phenoxy) is 2. The van der Waals surface area contributed by atoms with Crippen LogP contribution < -0.4 is 10.1 Å². The number of fused-ring (bicyclic) bond motifs is 1. The van der Waals surface area contributed by atoms with E-state index in [4.69, 9.17) is 13.9 Å². The van der Waals surface area contributed by atoms with Crippen LogP contribution in [0.25, 0.3) is 0 Å². The van der Waals surface area contributed by atoms with Gasteiger partial charge in [0.25, 0.3) is 0 Å². The van der Waals surface area contributed by atoms with Gasteiger partial charge in [-0.05, 0) is 43.0 Å². The molecule has 1 heterocycles.